The number of amides is 2. The number of thiocarbonyl (C=S) groups is 1. The minimum absolute atomic E-state index is 0.0156. The van der Waals surface area contributed by atoms with E-state index in [1.807, 2.05) is 36.4 Å². The van der Waals surface area contributed by atoms with Crippen LogP contribution in [-0.4, -0.2) is 21.9 Å². The zero-order chi connectivity index (χ0) is 21.8. The van der Waals surface area contributed by atoms with Gasteiger partial charge in [0.1, 0.15) is 10.6 Å². The second-order valence-corrected chi connectivity index (χ2v) is 8.39. The molecule has 1 saturated heterocycles. The Labute approximate surface area is 194 Å². The van der Waals surface area contributed by atoms with Crippen molar-refractivity contribution in [2.75, 3.05) is 4.90 Å². The Kier molecular flexibility index (Phi) is 6.46. The highest BCUT2D eigenvalue weighted by Crippen LogP contribution is 2.28. The molecule has 2 aromatic carbocycles. The monoisotopic (exact) mass is 465 g/mol. The Hall–Kier alpha value is -3.00. The maximum atomic E-state index is 13.2. The van der Waals surface area contributed by atoms with E-state index in [0.29, 0.717) is 16.3 Å². The molecule has 1 aliphatic rings. The van der Waals surface area contributed by atoms with Gasteiger partial charge < -0.3 is 0 Å². The van der Waals surface area contributed by atoms with E-state index in [1.165, 1.54) is 16.7 Å². The Bertz CT molecular complexity index is 1180. The number of hydrogen-bond acceptors (Lipinski definition) is 5. The predicted molar refractivity (Wildman–Crippen MR) is 128 cm³/mol. The minimum Gasteiger partial charge on any atom is -0.298 e. The van der Waals surface area contributed by atoms with E-state index in [-0.39, 0.29) is 10.7 Å². The van der Waals surface area contributed by atoms with Crippen molar-refractivity contribution < 1.29 is 9.59 Å². The summed E-state index contributed by atoms with van der Waals surface area (Å²) < 4.78 is 0. The van der Waals surface area contributed by atoms with Crippen molar-refractivity contribution in [1.29, 1.82) is 0 Å². The van der Waals surface area contributed by atoms with Crippen molar-refractivity contribution in [3.05, 3.63) is 94.6 Å². The average molecular weight is 466 g/mol. The molecule has 0 unspecified atom stereocenters. The van der Waals surface area contributed by atoms with Gasteiger partial charge in [0, 0.05) is 22.5 Å². The molecule has 1 aliphatic heterocycles. The molecule has 0 spiro atoms. The van der Waals surface area contributed by atoms with Gasteiger partial charge in [-0.2, -0.15) is 0 Å². The number of pyridine rings is 1. The van der Waals surface area contributed by atoms with Crippen LogP contribution in [-0.2, 0) is 15.3 Å². The fourth-order valence-electron chi connectivity index (χ4n) is 3.00. The lowest BCUT2D eigenvalue weighted by molar-refractivity contribution is -0.122. The molecule has 2 amide bonds. The predicted octanol–water partition coefficient (Wildman–Crippen LogP) is 4.86. The highest BCUT2D eigenvalue weighted by atomic mass is 35.5. The van der Waals surface area contributed by atoms with Crippen LogP contribution in [0.1, 0.15) is 11.1 Å². The van der Waals surface area contributed by atoms with Crippen LogP contribution in [0.2, 0.25) is 5.02 Å². The van der Waals surface area contributed by atoms with E-state index < -0.39 is 11.8 Å². The van der Waals surface area contributed by atoms with Gasteiger partial charge in [-0.05, 0) is 54.2 Å². The zero-order valence-electron chi connectivity index (χ0n) is 16.1. The number of carbonyl (C=O) groups is 2. The number of thioether (sulfide) groups is 1. The topological polar surface area (TPSA) is 62.3 Å². The van der Waals surface area contributed by atoms with Crippen molar-refractivity contribution >= 4 is 64.3 Å². The summed E-state index contributed by atoms with van der Waals surface area (Å²) in [5.41, 5.74) is 2.35. The van der Waals surface area contributed by atoms with Gasteiger partial charge in [-0.1, -0.05) is 48.0 Å². The molecule has 5 nitrogen and oxygen atoms in total. The molecule has 154 valence electrons. The third kappa shape index (κ3) is 4.85. The summed E-state index contributed by atoms with van der Waals surface area (Å²) in [7, 11) is 0. The molecular weight excluding hydrogens is 450 g/mol. The SMILES string of the molecule is O=C1NC(=S)N(c2ccc(Cl)cc2)C(=O)C1=Cc1cccnc1SCc1ccccc1. The number of anilines is 1. The number of nitrogens with one attached hydrogen (secondary N) is 1. The molecule has 0 saturated carbocycles. The van der Waals surface area contributed by atoms with E-state index in [2.05, 4.69) is 10.3 Å². The Morgan fingerprint density at radius 2 is 1.77 bits per heavy atom. The van der Waals surface area contributed by atoms with Gasteiger partial charge in [0.15, 0.2) is 5.11 Å². The molecule has 1 aromatic heterocycles. The lowest BCUT2D eigenvalue weighted by Crippen LogP contribution is -2.54. The Balaban J connectivity index is 1.64. The van der Waals surface area contributed by atoms with E-state index in [4.69, 9.17) is 23.8 Å². The zero-order valence-corrected chi connectivity index (χ0v) is 18.5. The molecule has 3 aromatic rings. The maximum absolute atomic E-state index is 13.2. The van der Waals surface area contributed by atoms with Crippen LogP contribution in [0.15, 0.2) is 83.5 Å². The van der Waals surface area contributed by atoms with E-state index >= 15 is 0 Å². The molecule has 0 radical (unpaired) electrons. The van der Waals surface area contributed by atoms with Crippen molar-refractivity contribution in [2.45, 2.75) is 10.8 Å². The molecule has 1 N–H and O–H groups in total. The quantitative estimate of drug-likeness (QED) is 0.252. The first-order valence-corrected chi connectivity index (χ1v) is 11.1. The lowest BCUT2D eigenvalue weighted by atomic mass is 10.1. The highest BCUT2D eigenvalue weighted by molar-refractivity contribution is 7.98. The second-order valence-electron chi connectivity index (χ2n) is 6.61. The summed E-state index contributed by atoms with van der Waals surface area (Å²) in [5, 5.41) is 3.88. The van der Waals surface area contributed by atoms with Crippen LogP contribution in [0.25, 0.3) is 6.08 Å². The molecule has 0 atom stereocenters. The van der Waals surface area contributed by atoms with Gasteiger partial charge in [-0.3, -0.25) is 19.8 Å². The molecular formula is C23H16ClN3O2S2. The van der Waals surface area contributed by atoms with Gasteiger partial charge >= 0.3 is 0 Å². The number of nitrogens with zero attached hydrogens (tertiary/aromatic N) is 2. The van der Waals surface area contributed by atoms with Gasteiger partial charge in [0.05, 0.1) is 5.69 Å². The summed E-state index contributed by atoms with van der Waals surface area (Å²) >= 11 is 12.7. The molecule has 0 bridgehead atoms. The van der Waals surface area contributed by atoms with Gasteiger partial charge in [0.25, 0.3) is 11.8 Å². The smallest absolute Gasteiger partial charge is 0.270 e. The first-order valence-electron chi connectivity index (χ1n) is 9.32. The van der Waals surface area contributed by atoms with Crippen molar-refractivity contribution in [3.8, 4) is 0 Å². The summed E-state index contributed by atoms with van der Waals surface area (Å²) in [6.45, 7) is 0. The fourth-order valence-corrected chi connectivity index (χ4v) is 4.33. The molecule has 8 heteroatoms. The van der Waals surface area contributed by atoms with Gasteiger partial charge in [-0.15, -0.1) is 11.8 Å². The summed E-state index contributed by atoms with van der Waals surface area (Å²) in [6, 6.07) is 20.3. The number of rotatable bonds is 5. The van der Waals surface area contributed by atoms with Crippen LogP contribution in [0, 0.1) is 0 Å². The van der Waals surface area contributed by atoms with E-state index in [0.717, 1.165) is 16.3 Å². The summed E-state index contributed by atoms with van der Waals surface area (Å²) in [6.07, 6.45) is 3.25. The molecule has 0 aliphatic carbocycles. The summed E-state index contributed by atoms with van der Waals surface area (Å²) in [4.78, 5) is 31.5. The van der Waals surface area contributed by atoms with E-state index in [9.17, 15) is 9.59 Å². The number of aromatic nitrogens is 1. The van der Waals surface area contributed by atoms with E-state index in [1.54, 1.807) is 42.6 Å². The van der Waals surface area contributed by atoms with Gasteiger partial charge in [0.2, 0.25) is 0 Å². The van der Waals surface area contributed by atoms with Crippen LogP contribution in [0.4, 0.5) is 5.69 Å². The average Bonchev–Trinajstić information content (AvgIpc) is 2.78. The van der Waals surface area contributed by atoms with Crippen LogP contribution in [0.5, 0.6) is 0 Å². The lowest BCUT2D eigenvalue weighted by Gasteiger charge is -2.29. The third-order valence-corrected chi connectivity index (χ3v) is 6.13. The van der Waals surface area contributed by atoms with Crippen LogP contribution >= 0.6 is 35.6 Å². The summed E-state index contributed by atoms with van der Waals surface area (Å²) in [5.74, 6) is -0.322. The minimum atomic E-state index is -0.539. The normalized spacial score (nSPS) is 15.3. The van der Waals surface area contributed by atoms with Crippen molar-refractivity contribution in [1.82, 2.24) is 10.3 Å². The van der Waals surface area contributed by atoms with Crippen LogP contribution < -0.4 is 10.2 Å². The fraction of sp³-hybridized carbons (Fsp3) is 0.0435. The number of benzene rings is 2. The van der Waals surface area contributed by atoms with Crippen molar-refractivity contribution in [3.63, 3.8) is 0 Å². The Morgan fingerprint density at radius 1 is 1.03 bits per heavy atom. The molecule has 1 fully saturated rings. The van der Waals surface area contributed by atoms with Crippen molar-refractivity contribution in [2.24, 2.45) is 0 Å². The second kappa shape index (κ2) is 9.43. The number of carbonyl (C=O) groups excluding carboxylic acids is 2. The molecule has 2 heterocycles. The molecule has 4 rings (SSSR count). The Morgan fingerprint density at radius 3 is 2.52 bits per heavy atom. The first-order chi connectivity index (χ1) is 15.0. The van der Waals surface area contributed by atoms with Crippen LogP contribution in [0.3, 0.4) is 0 Å². The van der Waals surface area contributed by atoms with Gasteiger partial charge in [-0.25, -0.2) is 4.98 Å². The largest absolute Gasteiger partial charge is 0.298 e. The highest BCUT2D eigenvalue weighted by Gasteiger charge is 2.34. The number of halogens is 1. The standard InChI is InChI=1S/C23H16ClN3O2S2/c24-17-8-10-18(11-9-17)27-22(29)19(20(28)26-23(27)30)13-16-7-4-12-25-21(16)31-14-15-5-2-1-3-6-15/h1-13H,14H2,(H,26,28,30). The number of hydrogen-bond donors (Lipinski definition) is 1. The maximum Gasteiger partial charge on any atom is 0.270 e. The third-order valence-electron chi connectivity index (χ3n) is 4.51. The molecule has 31 heavy (non-hydrogen) atoms. The first kappa shape index (κ1) is 21.2.